The summed E-state index contributed by atoms with van der Waals surface area (Å²) in [5.74, 6) is 0. The maximum Gasteiger partial charge on any atom is 0.0547 e. The predicted octanol–water partition coefficient (Wildman–Crippen LogP) is 3.01. The van der Waals surface area contributed by atoms with Gasteiger partial charge in [-0.3, -0.25) is 0 Å². The van der Waals surface area contributed by atoms with Gasteiger partial charge in [0.2, 0.25) is 0 Å². The van der Waals surface area contributed by atoms with E-state index in [9.17, 15) is 0 Å². The van der Waals surface area contributed by atoms with Crippen LogP contribution >= 0.6 is 0 Å². The molecule has 0 aliphatic carbocycles. The van der Waals surface area contributed by atoms with Gasteiger partial charge in [-0.2, -0.15) is 0 Å². The van der Waals surface area contributed by atoms with Crippen molar-refractivity contribution in [1.29, 1.82) is 0 Å². The van der Waals surface area contributed by atoms with Gasteiger partial charge >= 0.3 is 0 Å². The Bertz CT molecular complexity index is 94.1. The maximum absolute atomic E-state index is 5.56. The van der Waals surface area contributed by atoms with Gasteiger partial charge in [0.05, 0.1) is 6.10 Å². The lowest BCUT2D eigenvalue weighted by Crippen LogP contribution is -2.09. The minimum atomic E-state index is 0.418. The van der Waals surface area contributed by atoms with E-state index in [1.54, 1.807) is 0 Å². The molecular weight excluding hydrogens is 164 g/mol. The molecule has 0 heterocycles. The SMILES string of the molecule is CCCOC(C)CCCCOCC. The van der Waals surface area contributed by atoms with Crippen LogP contribution in [0.1, 0.15) is 46.5 Å². The third-order valence-electron chi connectivity index (χ3n) is 1.96. The van der Waals surface area contributed by atoms with Gasteiger partial charge in [0.1, 0.15) is 0 Å². The van der Waals surface area contributed by atoms with Crippen molar-refractivity contribution in [3.8, 4) is 0 Å². The lowest BCUT2D eigenvalue weighted by atomic mass is 10.2. The van der Waals surface area contributed by atoms with Crippen LogP contribution in [0.3, 0.4) is 0 Å². The van der Waals surface area contributed by atoms with Crippen LogP contribution < -0.4 is 0 Å². The number of hydrogen-bond donors (Lipinski definition) is 0. The van der Waals surface area contributed by atoms with Gasteiger partial charge < -0.3 is 9.47 Å². The van der Waals surface area contributed by atoms with Crippen molar-refractivity contribution in [1.82, 2.24) is 0 Å². The number of unbranched alkanes of at least 4 members (excludes halogenated alkanes) is 1. The van der Waals surface area contributed by atoms with Crippen molar-refractivity contribution in [2.24, 2.45) is 0 Å². The van der Waals surface area contributed by atoms with E-state index >= 15 is 0 Å². The fourth-order valence-corrected chi connectivity index (χ4v) is 1.18. The van der Waals surface area contributed by atoms with Crippen LogP contribution in [-0.2, 0) is 9.47 Å². The van der Waals surface area contributed by atoms with Gasteiger partial charge in [-0.1, -0.05) is 6.92 Å². The summed E-state index contributed by atoms with van der Waals surface area (Å²) in [5.41, 5.74) is 0. The summed E-state index contributed by atoms with van der Waals surface area (Å²) in [6.07, 6.45) is 5.07. The van der Waals surface area contributed by atoms with E-state index < -0.39 is 0 Å². The molecule has 0 bridgehead atoms. The molecule has 0 aromatic carbocycles. The monoisotopic (exact) mass is 188 g/mol. The van der Waals surface area contributed by atoms with Gasteiger partial charge in [-0.15, -0.1) is 0 Å². The first-order valence-electron chi connectivity index (χ1n) is 5.50. The Morgan fingerprint density at radius 2 is 1.85 bits per heavy atom. The first-order valence-corrected chi connectivity index (χ1v) is 5.50. The highest BCUT2D eigenvalue weighted by atomic mass is 16.5. The summed E-state index contributed by atoms with van der Waals surface area (Å²) in [5, 5.41) is 0. The van der Waals surface area contributed by atoms with Crippen molar-refractivity contribution in [2.45, 2.75) is 52.6 Å². The van der Waals surface area contributed by atoms with Crippen molar-refractivity contribution >= 4 is 0 Å². The fraction of sp³-hybridized carbons (Fsp3) is 1.00. The van der Waals surface area contributed by atoms with Gasteiger partial charge in [-0.05, 0) is 39.5 Å². The normalized spacial score (nSPS) is 13.2. The molecular formula is C11H24O2. The third kappa shape index (κ3) is 9.84. The molecule has 0 aromatic heterocycles. The van der Waals surface area contributed by atoms with Gasteiger partial charge in [0.25, 0.3) is 0 Å². The van der Waals surface area contributed by atoms with Crippen LogP contribution in [0.15, 0.2) is 0 Å². The lowest BCUT2D eigenvalue weighted by molar-refractivity contribution is 0.0564. The summed E-state index contributed by atoms with van der Waals surface area (Å²) >= 11 is 0. The van der Waals surface area contributed by atoms with Crippen LogP contribution in [0.4, 0.5) is 0 Å². The summed E-state index contributed by atoms with van der Waals surface area (Å²) in [4.78, 5) is 0. The van der Waals surface area contributed by atoms with E-state index in [1.165, 1.54) is 6.42 Å². The highest BCUT2D eigenvalue weighted by Gasteiger charge is 2.00. The Kier molecular flexibility index (Phi) is 9.94. The number of hydrogen-bond acceptors (Lipinski definition) is 2. The average Bonchev–Trinajstić information content (AvgIpc) is 2.14. The Morgan fingerprint density at radius 3 is 2.46 bits per heavy atom. The molecule has 0 N–H and O–H groups in total. The van der Waals surface area contributed by atoms with E-state index in [1.807, 2.05) is 6.92 Å². The highest BCUT2D eigenvalue weighted by Crippen LogP contribution is 2.04. The zero-order valence-corrected chi connectivity index (χ0v) is 9.34. The second-order valence-corrected chi connectivity index (χ2v) is 3.37. The highest BCUT2D eigenvalue weighted by molar-refractivity contribution is 4.50. The van der Waals surface area contributed by atoms with Crippen molar-refractivity contribution in [2.75, 3.05) is 19.8 Å². The van der Waals surface area contributed by atoms with E-state index in [4.69, 9.17) is 9.47 Å². The Hall–Kier alpha value is -0.0800. The van der Waals surface area contributed by atoms with Crippen LogP contribution in [0.25, 0.3) is 0 Å². The molecule has 0 rings (SSSR count). The smallest absolute Gasteiger partial charge is 0.0547 e. The molecule has 1 unspecified atom stereocenters. The molecule has 13 heavy (non-hydrogen) atoms. The van der Waals surface area contributed by atoms with Gasteiger partial charge in [-0.25, -0.2) is 0 Å². The Labute approximate surface area is 82.6 Å². The number of rotatable bonds is 9. The van der Waals surface area contributed by atoms with Crippen LogP contribution in [0.5, 0.6) is 0 Å². The zero-order chi connectivity index (χ0) is 9.94. The van der Waals surface area contributed by atoms with E-state index in [-0.39, 0.29) is 0 Å². The van der Waals surface area contributed by atoms with Crippen LogP contribution in [-0.4, -0.2) is 25.9 Å². The molecule has 80 valence electrons. The van der Waals surface area contributed by atoms with Crippen LogP contribution in [0, 0.1) is 0 Å². The second-order valence-electron chi connectivity index (χ2n) is 3.37. The first kappa shape index (κ1) is 12.9. The molecule has 2 heteroatoms. The molecule has 0 spiro atoms. The molecule has 0 aliphatic heterocycles. The molecule has 0 aliphatic rings. The van der Waals surface area contributed by atoms with Crippen molar-refractivity contribution in [3.63, 3.8) is 0 Å². The summed E-state index contributed by atoms with van der Waals surface area (Å²) in [7, 11) is 0. The lowest BCUT2D eigenvalue weighted by Gasteiger charge is -2.11. The molecule has 0 amide bonds. The maximum atomic E-state index is 5.56. The standard InChI is InChI=1S/C11H24O2/c1-4-9-13-11(3)8-6-7-10-12-5-2/h11H,4-10H2,1-3H3. The minimum absolute atomic E-state index is 0.418. The van der Waals surface area contributed by atoms with E-state index in [0.717, 1.165) is 39.1 Å². The summed E-state index contributed by atoms with van der Waals surface area (Å²) in [6, 6.07) is 0. The van der Waals surface area contributed by atoms with E-state index in [0.29, 0.717) is 6.10 Å². The van der Waals surface area contributed by atoms with Crippen LogP contribution in [0.2, 0.25) is 0 Å². The third-order valence-corrected chi connectivity index (χ3v) is 1.96. The summed E-state index contributed by atoms with van der Waals surface area (Å²) in [6.45, 7) is 8.96. The molecule has 0 saturated carbocycles. The first-order chi connectivity index (χ1) is 6.31. The molecule has 2 nitrogen and oxygen atoms in total. The minimum Gasteiger partial charge on any atom is -0.382 e. The molecule has 0 fully saturated rings. The molecule has 0 radical (unpaired) electrons. The fourth-order valence-electron chi connectivity index (χ4n) is 1.18. The van der Waals surface area contributed by atoms with Crippen molar-refractivity contribution in [3.05, 3.63) is 0 Å². The summed E-state index contributed by atoms with van der Waals surface area (Å²) < 4.78 is 10.8. The molecule has 1 atom stereocenters. The quantitative estimate of drug-likeness (QED) is 0.518. The van der Waals surface area contributed by atoms with Crippen molar-refractivity contribution < 1.29 is 9.47 Å². The van der Waals surface area contributed by atoms with E-state index in [2.05, 4.69) is 13.8 Å². The largest absolute Gasteiger partial charge is 0.382 e. The van der Waals surface area contributed by atoms with Gasteiger partial charge in [0.15, 0.2) is 0 Å². The molecule has 0 saturated heterocycles. The average molecular weight is 188 g/mol. The predicted molar refractivity (Wildman–Crippen MR) is 56.0 cm³/mol. The van der Waals surface area contributed by atoms with Gasteiger partial charge in [0, 0.05) is 19.8 Å². The Morgan fingerprint density at radius 1 is 1.08 bits per heavy atom. The molecule has 0 aromatic rings. The second kappa shape index (κ2) is 10.0. The number of ether oxygens (including phenoxy) is 2. The topological polar surface area (TPSA) is 18.5 Å². The Balaban J connectivity index is 3.03. The zero-order valence-electron chi connectivity index (χ0n) is 9.34.